The van der Waals surface area contributed by atoms with Gasteiger partial charge in [-0.05, 0) is 12.5 Å². The van der Waals surface area contributed by atoms with E-state index in [2.05, 4.69) is 5.16 Å². The fourth-order valence-corrected chi connectivity index (χ4v) is 2.02. The Kier molecular flexibility index (Phi) is 3.47. The number of benzene rings is 1. The molecular weight excluding hydrogens is 214 g/mol. The van der Waals surface area contributed by atoms with Crippen LogP contribution in [0.4, 0.5) is 0 Å². The van der Waals surface area contributed by atoms with Gasteiger partial charge >= 0.3 is 0 Å². The van der Waals surface area contributed by atoms with Crippen LogP contribution in [0.5, 0.6) is 0 Å². The topological polar surface area (TPSA) is 66.7 Å². The highest BCUT2D eigenvalue weighted by molar-refractivity contribution is 7.91. The smallest absolute Gasteiger partial charge is 0.153 e. The number of aryl methyl sites for hydroxylation is 1. The molecule has 0 radical (unpaired) electrons. The van der Waals surface area contributed by atoms with Crippen LogP contribution in [0.25, 0.3) is 0 Å². The number of hydrogen-bond acceptors (Lipinski definition) is 4. The Hall–Kier alpha value is -1.36. The monoisotopic (exact) mass is 227 g/mol. The molecule has 1 aromatic carbocycles. The molecule has 0 heterocycles. The van der Waals surface area contributed by atoms with E-state index in [4.69, 9.17) is 5.21 Å². The Morgan fingerprint density at radius 3 is 2.47 bits per heavy atom. The number of nitrogens with zero attached hydrogens (tertiary/aromatic N) is 1. The summed E-state index contributed by atoms with van der Waals surface area (Å²) in [4.78, 5) is 0. The van der Waals surface area contributed by atoms with E-state index in [1.165, 1.54) is 0 Å². The van der Waals surface area contributed by atoms with Gasteiger partial charge in [0.15, 0.2) is 9.84 Å². The van der Waals surface area contributed by atoms with Crippen molar-refractivity contribution in [2.45, 2.75) is 6.92 Å². The van der Waals surface area contributed by atoms with Gasteiger partial charge in [0.1, 0.15) is 5.71 Å². The molecule has 0 saturated carbocycles. The third-order valence-corrected chi connectivity index (χ3v) is 2.77. The van der Waals surface area contributed by atoms with Crippen LogP contribution in [0, 0.1) is 6.92 Å². The highest BCUT2D eigenvalue weighted by Gasteiger charge is 2.13. The van der Waals surface area contributed by atoms with Crippen LogP contribution in [0.3, 0.4) is 0 Å². The van der Waals surface area contributed by atoms with E-state index in [0.717, 1.165) is 11.8 Å². The number of sulfone groups is 1. The first-order valence-electron chi connectivity index (χ1n) is 4.38. The maximum absolute atomic E-state index is 11.1. The summed E-state index contributed by atoms with van der Waals surface area (Å²) in [6.45, 7) is 1.84. The van der Waals surface area contributed by atoms with Crippen LogP contribution in [0.2, 0.25) is 0 Å². The first-order valence-corrected chi connectivity index (χ1v) is 6.45. The Labute approximate surface area is 89.2 Å². The maximum atomic E-state index is 11.1. The Morgan fingerprint density at radius 2 is 2.00 bits per heavy atom. The standard InChI is InChI=1S/C10H13NO3S/c1-8-5-3-4-6-9(8)10(11-12)7-15(2,13)14/h3-6,12H,7H2,1-2H3. The molecule has 0 amide bonds. The molecule has 0 unspecified atom stereocenters. The average molecular weight is 227 g/mol. The third-order valence-electron chi connectivity index (χ3n) is 1.98. The Morgan fingerprint density at radius 1 is 1.40 bits per heavy atom. The molecule has 5 heteroatoms. The second-order valence-corrected chi connectivity index (χ2v) is 5.57. The molecule has 0 fully saturated rings. The van der Waals surface area contributed by atoms with E-state index in [-0.39, 0.29) is 11.5 Å². The predicted molar refractivity (Wildman–Crippen MR) is 59.2 cm³/mol. The first kappa shape index (κ1) is 11.7. The summed E-state index contributed by atoms with van der Waals surface area (Å²) in [5.41, 5.74) is 1.72. The van der Waals surface area contributed by atoms with E-state index in [9.17, 15) is 8.42 Å². The Bertz CT molecular complexity index is 477. The number of oxime groups is 1. The zero-order valence-corrected chi connectivity index (χ0v) is 9.45. The first-order chi connectivity index (χ1) is 6.94. The molecule has 15 heavy (non-hydrogen) atoms. The highest BCUT2D eigenvalue weighted by Crippen LogP contribution is 2.09. The van der Waals surface area contributed by atoms with Crippen LogP contribution in [-0.2, 0) is 9.84 Å². The summed E-state index contributed by atoms with van der Waals surface area (Å²) in [6.07, 6.45) is 1.11. The van der Waals surface area contributed by atoms with Crippen molar-refractivity contribution < 1.29 is 13.6 Å². The van der Waals surface area contributed by atoms with Crippen molar-refractivity contribution in [3.8, 4) is 0 Å². The number of rotatable bonds is 3. The van der Waals surface area contributed by atoms with E-state index in [1.54, 1.807) is 12.1 Å². The quantitative estimate of drug-likeness (QED) is 0.479. The molecule has 0 aliphatic rings. The molecular formula is C10H13NO3S. The van der Waals surface area contributed by atoms with Gasteiger partial charge in [0.2, 0.25) is 0 Å². The molecule has 0 aromatic heterocycles. The van der Waals surface area contributed by atoms with Crippen molar-refractivity contribution in [2.75, 3.05) is 12.0 Å². The van der Waals surface area contributed by atoms with E-state index in [1.807, 2.05) is 19.1 Å². The molecule has 82 valence electrons. The van der Waals surface area contributed by atoms with Gasteiger partial charge in [-0.25, -0.2) is 8.42 Å². The lowest BCUT2D eigenvalue weighted by Gasteiger charge is -2.06. The lowest BCUT2D eigenvalue weighted by molar-refractivity contribution is 0.319. The third kappa shape index (κ3) is 3.36. The molecule has 4 nitrogen and oxygen atoms in total. The molecule has 1 aromatic rings. The lowest BCUT2D eigenvalue weighted by Crippen LogP contribution is -2.16. The second kappa shape index (κ2) is 4.44. The van der Waals surface area contributed by atoms with E-state index >= 15 is 0 Å². The zero-order chi connectivity index (χ0) is 11.5. The van der Waals surface area contributed by atoms with Crippen LogP contribution in [0.15, 0.2) is 29.4 Å². The minimum Gasteiger partial charge on any atom is -0.411 e. The van der Waals surface area contributed by atoms with Crippen molar-refractivity contribution in [3.05, 3.63) is 35.4 Å². The molecule has 0 bridgehead atoms. The van der Waals surface area contributed by atoms with Crippen molar-refractivity contribution in [1.29, 1.82) is 0 Å². The molecule has 0 saturated heterocycles. The van der Waals surface area contributed by atoms with E-state index < -0.39 is 9.84 Å². The van der Waals surface area contributed by atoms with Crippen molar-refractivity contribution in [2.24, 2.45) is 5.16 Å². The Balaban J connectivity index is 3.11. The largest absolute Gasteiger partial charge is 0.411 e. The van der Waals surface area contributed by atoms with Gasteiger partial charge in [0.05, 0.1) is 5.75 Å². The minimum absolute atomic E-state index is 0.176. The second-order valence-electron chi connectivity index (χ2n) is 3.43. The summed E-state index contributed by atoms with van der Waals surface area (Å²) in [5, 5.41) is 11.8. The zero-order valence-electron chi connectivity index (χ0n) is 8.64. The van der Waals surface area contributed by atoms with Gasteiger partial charge in [0.25, 0.3) is 0 Å². The minimum atomic E-state index is -3.19. The SMILES string of the molecule is Cc1ccccc1C(CS(C)(=O)=O)=NO. The fourth-order valence-electron chi connectivity index (χ4n) is 1.31. The van der Waals surface area contributed by atoms with Crippen LogP contribution >= 0.6 is 0 Å². The van der Waals surface area contributed by atoms with Gasteiger partial charge < -0.3 is 5.21 Å². The molecule has 0 atom stereocenters. The summed E-state index contributed by atoms with van der Waals surface area (Å²) in [5.74, 6) is -0.256. The molecule has 0 spiro atoms. The van der Waals surface area contributed by atoms with Gasteiger partial charge in [-0.1, -0.05) is 29.4 Å². The van der Waals surface area contributed by atoms with Crippen molar-refractivity contribution >= 4 is 15.5 Å². The normalized spacial score (nSPS) is 12.8. The fraction of sp³-hybridized carbons (Fsp3) is 0.300. The highest BCUT2D eigenvalue weighted by atomic mass is 32.2. The lowest BCUT2D eigenvalue weighted by atomic mass is 10.1. The van der Waals surface area contributed by atoms with Gasteiger partial charge in [-0.2, -0.15) is 0 Å². The van der Waals surface area contributed by atoms with Crippen LogP contribution < -0.4 is 0 Å². The summed E-state index contributed by atoms with van der Waals surface area (Å²) in [6, 6.07) is 7.18. The van der Waals surface area contributed by atoms with E-state index in [0.29, 0.717) is 5.56 Å². The number of hydrogen-bond donors (Lipinski definition) is 1. The summed E-state index contributed by atoms with van der Waals surface area (Å²) >= 11 is 0. The summed E-state index contributed by atoms with van der Waals surface area (Å²) in [7, 11) is -3.19. The van der Waals surface area contributed by atoms with Gasteiger partial charge in [-0.3, -0.25) is 0 Å². The average Bonchev–Trinajstić information content (AvgIpc) is 2.14. The van der Waals surface area contributed by atoms with Crippen LogP contribution in [-0.4, -0.2) is 31.3 Å². The molecule has 0 aliphatic heterocycles. The molecule has 1 N–H and O–H groups in total. The van der Waals surface area contributed by atoms with Gasteiger partial charge in [-0.15, -0.1) is 0 Å². The van der Waals surface area contributed by atoms with Gasteiger partial charge in [0, 0.05) is 11.8 Å². The van der Waals surface area contributed by atoms with Crippen molar-refractivity contribution in [1.82, 2.24) is 0 Å². The van der Waals surface area contributed by atoms with Crippen molar-refractivity contribution in [3.63, 3.8) is 0 Å². The molecule has 0 aliphatic carbocycles. The van der Waals surface area contributed by atoms with Crippen LogP contribution in [0.1, 0.15) is 11.1 Å². The predicted octanol–water partition coefficient (Wildman–Crippen LogP) is 1.22. The maximum Gasteiger partial charge on any atom is 0.153 e. The molecule has 1 rings (SSSR count). The summed E-state index contributed by atoms with van der Waals surface area (Å²) < 4.78 is 22.2.